The molecule has 3 rings (SSSR count). The molecule has 0 fully saturated rings. The Bertz CT molecular complexity index is 954. The average Bonchev–Trinajstić information content (AvgIpc) is 3.09. The quantitative estimate of drug-likeness (QED) is 0.528. The summed E-state index contributed by atoms with van der Waals surface area (Å²) in [6.45, 7) is 2.65. The maximum absolute atomic E-state index is 12.9. The normalized spacial score (nSPS) is 11.0. The van der Waals surface area contributed by atoms with E-state index in [1.807, 2.05) is 6.92 Å². The Morgan fingerprint density at radius 3 is 2.96 bits per heavy atom. The number of nitrogens with one attached hydrogen (secondary N) is 1. The van der Waals surface area contributed by atoms with E-state index >= 15 is 0 Å². The molecule has 0 aliphatic heterocycles. The number of amides is 1. The molecule has 0 unspecified atom stereocenters. The number of rotatable bonds is 6. The van der Waals surface area contributed by atoms with Crippen LogP contribution < -0.4 is 10.9 Å². The Labute approximate surface area is 153 Å². The van der Waals surface area contributed by atoms with Crippen LogP contribution >= 0.6 is 23.4 Å². The number of halogens is 1. The van der Waals surface area contributed by atoms with Gasteiger partial charge in [0.1, 0.15) is 5.76 Å². The molecule has 1 aromatic carbocycles. The van der Waals surface area contributed by atoms with Gasteiger partial charge in [-0.05, 0) is 37.3 Å². The zero-order valence-electron chi connectivity index (χ0n) is 13.5. The predicted octanol–water partition coefficient (Wildman–Crippen LogP) is 2.92. The van der Waals surface area contributed by atoms with Crippen LogP contribution in [0.1, 0.15) is 12.7 Å². The summed E-state index contributed by atoms with van der Waals surface area (Å²) in [5.74, 6) is 0.694. The molecule has 0 saturated carbocycles. The lowest BCUT2D eigenvalue weighted by atomic mass is 10.2. The van der Waals surface area contributed by atoms with Gasteiger partial charge in [0.25, 0.3) is 5.56 Å². The van der Waals surface area contributed by atoms with Gasteiger partial charge >= 0.3 is 0 Å². The van der Waals surface area contributed by atoms with E-state index in [4.69, 9.17) is 16.0 Å². The van der Waals surface area contributed by atoms with Gasteiger partial charge in [0.05, 0.1) is 29.5 Å². The fraction of sp³-hybridized carbons (Fsp3) is 0.235. The van der Waals surface area contributed by atoms with E-state index in [0.717, 1.165) is 0 Å². The second-order valence-corrected chi connectivity index (χ2v) is 6.65. The predicted molar refractivity (Wildman–Crippen MR) is 98.2 cm³/mol. The monoisotopic (exact) mass is 377 g/mol. The number of benzene rings is 1. The SMILES string of the molecule is CCNC(=O)CSc1nc2cc(Cl)ccc2c(=O)n1Cc1ccco1. The second-order valence-electron chi connectivity index (χ2n) is 5.27. The molecule has 25 heavy (non-hydrogen) atoms. The Morgan fingerprint density at radius 2 is 2.24 bits per heavy atom. The largest absolute Gasteiger partial charge is 0.467 e. The van der Waals surface area contributed by atoms with Gasteiger partial charge in [-0.1, -0.05) is 23.4 Å². The highest BCUT2D eigenvalue weighted by Crippen LogP contribution is 2.21. The van der Waals surface area contributed by atoms with Gasteiger partial charge in [-0.25, -0.2) is 4.98 Å². The molecule has 0 spiro atoms. The van der Waals surface area contributed by atoms with Crippen molar-refractivity contribution in [1.82, 2.24) is 14.9 Å². The molecule has 0 radical (unpaired) electrons. The number of thioether (sulfide) groups is 1. The van der Waals surface area contributed by atoms with Crippen LogP contribution in [-0.2, 0) is 11.3 Å². The summed E-state index contributed by atoms with van der Waals surface area (Å²) in [5, 5.41) is 4.15. The molecule has 2 aromatic heterocycles. The van der Waals surface area contributed by atoms with Crippen molar-refractivity contribution in [3.05, 3.63) is 57.7 Å². The van der Waals surface area contributed by atoms with E-state index in [2.05, 4.69) is 10.3 Å². The molecule has 8 heteroatoms. The number of fused-ring (bicyclic) bond motifs is 1. The molecule has 0 bridgehead atoms. The van der Waals surface area contributed by atoms with Gasteiger partial charge in [-0.15, -0.1) is 0 Å². The average molecular weight is 378 g/mol. The highest BCUT2D eigenvalue weighted by molar-refractivity contribution is 7.99. The van der Waals surface area contributed by atoms with Crippen molar-refractivity contribution >= 4 is 40.2 Å². The summed E-state index contributed by atoms with van der Waals surface area (Å²) >= 11 is 7.22. The molecule has 1 amide bonds. The van der Waals surface area contributed by atoms with Gasteiger partial charge in [0, 0.05) is 11.6 Å². The topological polar surface area (TPSA) is 77.1 Å². The van der Waals surface area contributed by atoms with Crippen molar-refractivity contribution in [2.45, 2.75) is 18.6 Å². The van der Waals surface area contributed by atoms with Crippen LogP contribution in [0, 0.1) is 0 Å². The number of hydrogen-bond donors (Lipinski definition) is 1. The van der Waals surface area contributed by atoms with Crippen LogP contribution in [0.25, 0.3) is 10.9 Å². The van der Waals surface area contributed by atoms with E-state index in [-0.39, 0.29) is 23.8 Å². The van der Waals surface area contributed by atoms with E-state index < -0.39 is 0 Å². The van der Waals surface area contributed by atoms with Crippen LogP contribution in [0.15, 0.2) is 51.0 Å². The number of aromatic nitrogens is 2. The van der Waals surface area contributed by atoms with Crippen molar-refractivity contribution < 1.29 is 9.21 Å². The highest BCUT2D eigenvalue weighted by Gasteiger charge is 2.14. The minimum absolute atomic E-state index is 0.113. The zero-order valence-corrected chi connectivity index (χ0v) is 15.1. The summed E-state index contributed by atoms with van der Waals surface area (Å²) < 4.78 is 6.86. The van der Waals surface area contributed by atoms with Gasteiger partial charge < -0.3 is 9.73 Å². The fourth-order valence-electron chi connectivity index (χ4n) is 2.36. The maximum atomic E-state index is 12.9. The Kier molecular flexibility index (Phi) is 5.45. The molecule has 2 heterocycles. The number of furan rings is 1. The van der Waals surface area contributed by atoms with Crippen LogP contribution in [0.4, 0.5) is 0 Å². The lowest BCUT2D eigenvalue weighted by Gasteiger charge is -2.12. The lowest BCUT2D eigenvalue weighted by molar-refractivity contribution is -0.118. The Morgan fingerprint density at radius 1 is 1.40 bits per heavy atom. The van der Waals surface area contributed by atoms with Crippen LogP contribution in [0.2, 0.25) is 5.02 Å². The maximum Gasteiger partial charge on any atom is 0.262 e. The Hall–Kier alpha value is -2.25. The van der Waals surface area contributed by atoms with E-state index in [1.165, 1.54) is 16.3 Å². The zero-order chi connectivity index (χ0) is 17.8. The van der Waals surface area contributed by atoms with Gasteiger partial charge in [0.15, 0.2) is 5.16 Å². The molecule has 3 aromatic rings. The lowest BCUT2D eigenvalue weighted by Crippen LogP contribution is -2.27. The van der Waals surface area contributed by atoms with Crippen LogP contribution in [0.3, 0.4) is 0 Å². The van der Waals surface area contributed by atoms with Crippen molar-refractivity contribution in [1.29, 1.82) is 0 Å². The smallest absolute Gasteiger partial charge is 0.262 e. The standard InChI is InChI=1S/C17H16ClN3O3S/c1-2-19-15(22)10-25-17-20-14-8-11(18)5-6-13(14)16(23)21(17)9-12-4-3-7-24-12/h3-8H,2,9-10H2,1H3,(H,19,22). The first-order chi connectivity index (χ1) is 12.1. The van der Waals surface area contributed by atoms with Crippen molar-refractivity contribution in [2.24, 2.45) is 0 Å². The molecular weight excluding hydrogens is 362 g/mol. The molecule has 6 nitrogen and oxygen atoms in total. The molecule has 0 saturated heterocycles. The number of hydrogen-bond acceptors (Lipinski definition) is 5. The highest BCUT2D eigenvalue weighted by atomic mass is 35.5. The van der Waals surface area contributed by atoms with Gasteiger partial charge in [0.2, 0.25) is 5.91 Å². The summed E-state index contributed by atoms with van der Waals surface area (Å²) in [7, 11) is 0. The summed E-state index contributed by atoms with van der Waals surface area (Å²) in [5.41, 5.74) is 0.308. The molecule has 0 aliphatic rings. The van der Waals surface area contributed by atoms with Crippen molar-refractivity contribution in [3.8, 4) is 0 Å². The number of nitrogens with zero attached hydrogens (tertiary/aromatic N) is 2. The van der Waals surface area contributed by atoms with E-state index in [0.29, 0.717) is 33.4 Å². The molecule has 0 atom stereocenters. The Balaban J connectivity index is 2.04. The molecule has 0 aliphatic carbocycles. The first-order valence-corrected chi connectivity index (χ1v) is 9.07. The van der Waals surface area contributed by atoms with Crippen LogP contribution in [-0.4, -0.2) is 27.8 Å². The van der Waals surface area contributed by atoms with Gasteiger partial charge in [-0.2, -0.15) is 0 Å². The minimum atomic E-state index is -0.198. The number of carbonyl (C=O) groups is 1. The molecular formula is C17H16ClN3O3S. The third-order valence-electron chi connectivity index (χ3n) is 3.48. The number of carbonyl (C=O) groups excluding carboxylic acids is 1. The fourth-order valence-corrected chi connectivity index (χ4v) is 3.35. The van der Waals surface area contributed by atoms with Crippen molar-refractivity contribution in [2.75, 3.05) is 12.3 Å². The molecule has 1 N–H and O–H groups in total. The molecule has 130 valence electrons. The first kappa shape index (κ1) is 17.6. The third-order valence-corrected chi connectivity index (χ3v) is 4.69. The van der Waals surface area contributed by atoms with Crippen molar-refractivity contribution in [3.63, 3.8) is 0 Å². The second kappa shape index (κ2) is 7.76. The van der Waals surface area contributed by atoms with E-state index in [9.17, 15) is 9.59 Å². The minimum Gasteiger partial charge on any atom is -0.467 e. The van der Waals surface area contributed by atoms with E-state index in [1.54, 1.807) is 36.6 Å². The third kappa shape index (κ3) is 4.05. The summed E-state index contributed by atoms with van der Waals surface area (Å²) in [6, 6.07) is 8.51. The summed E-state index contributed by atoms with van der Waals surface area (Å²) in [4.78, 5) is 29.2. The summed E-state index contributed by atoms with van der Waals surface area (Å²) in [6.07, 6.45) is 1.55. The first-order valence-electron chi connectivity index (χ1n) is 7.70. The van der Waals surface area contributed by atoms with Gasteiger partial charge in [-0.3, -0.25) is 14.2 Å². The van der Waals surface area contributed by atoms with Crippen LogP contribution in [0.5, 0.6) is 0 Å².